The molecular formula is C22H24FN5O. The molecule has 1 atom stereocenters. The van der Waals surface area contributed by atoms with Gasteiger partial charge in [-0.2, -0.15) is 9.97 Å². The van der Waals surface area contributed by atoms with Crippen molar-refractivity contribution in [2.24, 2.45) is 0 Å². The molecule has 0 bridgehead atoms. The fraction of sp³-hybridized carbons (Fsp3) is 0.409. The minimum Gasteiger partial charge on any atom is -0.383 e. The van der Waals surface area contributed by atoms with Crippen LogP contribution in [0.25, 0.3) is 0 Å². The number of hydrogen-bond donors (Lipinski definition) is 2. The molecule has 0 amide bonds. The highest BCUT2D eigenvalue weighted by Crippen LogP contribution is 2.47. The molecule has 0 radical (unpaired) electrons. The molecule has 6 nitrogen and oxygen atoms in total. The fourth-order valence-electron chi connectivity index (χ4n) is 4.69. The standard InChI is InChI=1S/C22H24FN5O/c23-14-9-7-13(8-10-14)17-18-15(5-4-6-16(18)29)25-21-19(17)20(24)26-22(27-21)28-11-2-1-3-12-28/h7-10,17H,1-6,11-12H2,(H3,24,25,26,27). The van der Waals surface area contributed by atoms with Gasteiger partial charge in [-0.15, -0.1) is 0 Å². The number of benzene rings is 1. The van der Waals surface area contributed by atoms with E-state index in [0.717, 1.165) is 55.6 Å². The average Bonchev–Trinajstić information content (AvgIpc) is 2.74. The van der Waals surface area contributed by atoms with Gasteiger partial charge in [0.1, 0.15) is 17.5 Å². The molecule has 1 aromatic carbocycles. The van der Waals surface area contributed by atoms with Crippen LogP contribution in [0.1, 0.15) is 55.6 Å². The van der Waals surface area contributed by atoms with Gasteiger partial charge in [0.2, 0.25) is 5.95 Å². The molecule has 3 heterocycles. The number of nitrogens with one attached hydrogen (secondary N) is 1. The Morgan fingerprint density at radius 2 is 1.79 bits per heavy atom. The first kappa shape index (κ1) is 18.1. The number of carbonyl (C=O) groups is 1. The molecule has 2 aromatic rings. The number of nitrogen functional groups attached to an aromatic ring is 1. The first-order valence-electron chi connectivity index (χ1n) is 10.3. The lowest BCUT2D eigenvalue weighted by atomic mass is 9.76. The molecule has 5 rings (SSSR count). The quantitative estimate of drug-likeness (QED) is 0.808. The summed E-state index contributed by atoms with van der Waals surface area (Å²) < 4.78 is 13.6. The molecule has 0 spiro atoms. The largest absolute Gasteiger partial charge is 0.383 e. The van der Waals surface area contributed by atoms with Gasteiger partial charge in [-0.3, -0.25) is 4.79 Å². The number of ketones is 1. The molecule has 0 saturated carbocycles. The SMILES string of the molecule is Nc1nc(N2CCCCC2)nc2c1C(c1ccc(F)cc1)C1=C(CCCC1=O)N2. The minimum atomic E-state index is -0.370. The Kier molecular flexibility index (Phi) is 4.45. The van der Waals surface area contributed by atoms with Crippen molar-refractivity contribution < 1.29 is 9.18 Å². The summed E-state index contributed by atoms with van der Waals surface area (Å²) in [5, 5.41) is 3.39. The second-order valence-electron chi connectivity index (χ2n) is 8.00. The Hall–Kier alpha value is -2.96. The van der Waals surface area contributed by atoms with E-state index in [2.05, 4.69) is 15.2 Å². The van der Waals surface area contributed by atoms with Crippen LogP contribution >= 0.6 is 0 Å². The van der Waals surface area contributed by atoms with Crippen molar-refractivity contribution in [3.8, 4) is 0 Å². The zero-order valence-corrected chi connectivity index (χ0v) is 16.2. The summed E-state index contributed by atoms with van der Waals surface area (Å²) in [5.74, 6) is 1.11. The second kappa shape index (κ2) is 7.13. The summed E-state index contributed by atoms with van der Waals surface area (Å²) in [6.45, 7) is 1.85. The van der Waals surface area contributed by atoms with Crippen molar-refractivity contribution in [1.82, 2.24) is 9.97 Å². The van der Waals surface area contributed by atoms with Crippen molar-refractivity contribution in [2.45, 2.75) is 44.4 Å². The predicted octanol–water partition coefficient (Wildman–Crippen LogP) is 3.75. The van der Waals surface area contributed by atoms with Crippen molar-refractivity contribution in [3.63, 3.8) is 0 Å². The van der Waals surface area contributed by atoms with E-state index in [1.165, 1.54) is 18.6 Å². The number of nitrogens with zero attached hydrogens (tertiary/aromatic N) is 3. The molecule has 2 aliphatic heterocycles. The second-order valence-corrected chi connectivity index (χ2v) is 8.00. The normalized spacial score (nSPS) is 21.5. The molecule has 1 saturated heterocycles. The van der Waals surface area contributed by atoms with Crippen LogP contribution in [-0.2, 0) is 4.79 Å². The van der Waals surface area contributed by atoms with Crippen LogP contribution in [0.2, 0.25) is 0 Å². The van der Waals surface area contributed by atoms with E-state index in [9.17, 15) is 9.18 Å². The van der Waals surface area contributed by atoms with Crippen LogP contribution in [0.3, 0.4) is 0 Å². The number of aromatic nitrogens is 2. The minimum absolute atomic E-state index is 0.109. The molecule has 1 aliphatic carbocycles. The number of rotatable bonds is 2. The summed E-state index contributed by atoms with van der Waals surface area (Å²) in [4.78, 5) is 24.4. The average molecular weight is 393 g/mol. The number of fused-ring (bicyclic) bond motifs is 1. The van der Waals surface area contributed by atoms with E-state index in [1.807, 2.05) is 0 Å². The van der Waals surface area contributed by atoms with Gasteiger partial charge in [0.15, 0.2) is 5.78 Å². The van der Waals surface area contributed by atoms with Gasteiger partial charge < -0.3 is 16.0 Å². The maximum atomic E-state index is 13.6. The van der Waals surface area contributed by atoms with Gasteiger partial charge in [-0.1, -0.05) is 12.1 Å². The van der Waals surface area contributed by atoms with Gasteiger partial charge in [-0.25, -0.2) is 4.39 Å². The van der Waals surface area contributed by atoms with Gasteiger partial charge in [0.25, 0.3) is 0 Å². The number of Topliss-reactive ketones (excluding diaryl/α,β-unsaturated/α-hetero) is 1. The Bertz CT molecular complexity index is 995. The molecule has 150 valence electrons. The van der Waals surface area contributed by atoms with Crippen molar-refractivity contribution >= 4 is 23.4 Å². The van der Waals surface area contributed by atoms with Crippen LogP contribution in [0.5, 0.6) is 0 Å². The summed E-state index contributed by atoms with van der Waals surface area (Å²) in [7, 11) is 0. The molecule has 3 N–H and O–H groups in total. The number of allylic oxidation sites excluding steroid dienone is 2. The summed E-state index contributed by atoms with van der Waals surface area (Å²) in [5.41, 5.74) is 9.62. The third kappa shape index (κ3) is 3.14. The maximum absolute atomic E-state index is 13.6. The van der Waals surface area contributed by atoms with Crippen molar-refractivity contribution in [3.05, 3.63) is 52.5 Å². The monoisotopic (exact) mass is 393 g/mol. The number of hydrogen-bond acceptors (Lipinski definition) is 6. The number of halogens is 1. The van der Waals surface area contributed by atoms with Gasteiger partial charge in [-0.05, 0) is 49.8 Å². The van der Waals surface area contributed by atoms with Crippen LogP contribution < -0.4 is 16.0 Å². The fourth-order valence-corrected chi connectivity index (χ4v) is 4.69. The Morgan fingerprint density at radius 1 is 1.03 bits per heavy atom. The molecular weight excluding hydrogens is 369 g/mol. The van der Waals surface area contributed by atoms with Crippen LogP contribution in [0.4, 0.5) is 22.0 Å². The lowest BCUT2D eigenvalue weighted by Crippen LogP contribution is -2.33. The predicted molar refractivity (Wildman–Crippen MR) is 110 cm³/mol. The van der Waals surface area contributed by atoms with Gasteiger partial charge in [0, 0.05) is 42.3 Å². The first-order chi connectivity index (χ1) is 14.1. The van der Waals surface area contributed by atoms with Crippen molar-refractivity contribution in [1.29, 1.82) is 0 Å². The number of piperidine rings is 1. The van der Waals surface area contributed by atoms with Gasteiger partial charge in [0.05, 0.1) is 0 Å². The molecule has 3 aliphatic rings. The molecule has 1 fully saturated rings. The zero-order valence-electron chi connectivity index (χ0n) is 16.2. The molecule has 7 heteroatoms. The third-order valence-corrected chi connectivity index (χ3v) is 6.11. The Balaban J connectivity index is 1.65. The van der Waals surface area contributed by atoms with Gasteiger partial charge >= 0.3 is 0 Å². The Morgan fingerprint density at radius 3 is 2.55 bits per heavy atom. The topological polar surface area (TPSA) is 84.1 Å². The zero-order chi connectivity index (χ0) is 20.0. The summed E-state index contributed by atoms with van der Waals surface area (Å²) in [6.07, 6.45) is 5.59. The number of carbonyl (C=O) groups excluding carboxylic acids is 1. The first-order valence-corrected chi connectivity index (χ1v) is 10.3. The van der Waals surface area contributed by atoms with Crippen LogP contribution in [0, 0.1) is 5.82 Å². The Labute approximate surface area is 169 Å². The summed E-state index contributed by atoms with van der Waals surface area (Å²) >= 11 is 0. The van der Waals surface area contributed by atoms with E-state index >= 15 is 0 Å². The van der Waals surface area contributed by atoms with E-state index in [-0.39, 0.29) is 17.5 Å². The molecule has 1 unspecified atom stereocenters. The maximum Gasteiger partial charge on any atom is 0.229 e. The third-order valence-electron chi connectivity index (χ3n) is 6.11. The smallest absolute Gasteiger partial charge is 0.229 e. The van der Waals surface area contributed by atoms with E-state index < -0.39 is 0 Å². The highest BCUT2D eigenvalue weighted by Gasteiger charge is 2.38. The lowest BCUT2D eigenvalue weighted by Gasteiger charge is -2.35. The number of anilines is 3. The molecule has 1 aromatic heterocycles. The highest BCUT2D eigenvalue weighted by molar-refractivity contribution is 6.01. The van der Waals surface area contributed by atoms with E-state index in [0.29, 0.717) is 29.6 Å². The van der Waals surface area contributed by atoms with Crippen LogP contribution in [0.15, 0.2) is 35.5 Å². The lowest BCUT2D eigenvalue weighted by molar-refractivity contribution is -0.116. The van der Waals surface area contributed by atoms with Crippen LogP contribution in [-0.4, -0.2) is 28.8 Å². The van der Waals surface area contributed by atoms with E-state index in [1.54, 1.807) is 12.1 Å². The van der Waals surface area contributed by atoms with Crippen molar-refractivity contribution in [2.75, 3.05) is 29.0 Å². The molecule has 29 heavy (non-hydrogen) atoms. The highest BCUT2D eigenvalue weighted by atomic mass is 19.1. The number of nitrogens with two attached hydrogens (primary N) is 1. The summed E-state index contributed by atoms with van der Waals surface area (Å²) in [6, 6.07) is 6.28. The van der Waals surface area contributed by atoms with E-state index in [4.69, 9.17) is 10.7 Å².